The highest BCUT2D eigenvalue weighted by Gasteiger charge is 2.00. The summed E-state index contributed by atoms with van der Waals surface area (Å²) in [5, 5.41) is 0. The average molecular weight is 291 g/mol. The maximum absolute atomic E-state index is 5.15. The molecule has 0 aliphatic heterocycles. The van der Waals surface area contributed by atoms with E-state index < -0.39 is 0 Å². The fraction of sp³-hybridized carbons (Fsp3) is 0.200. The van der Waals surface area contributed by atoms with Crippen LogP contribution in [-0.2, 0) is 6.42 Å². The van der Waals surface area contributed by atoms with Crippen LogP contribution in [0.2, 0.25) is 0 Å². The number of methoxy groups -OCH3 is 1. The molecule has 0 radical (unpaired) electrons. The number of halogens is 1. The van der Waals surface area contributed by atoms with Gasteiger partial charge in [0, 0.05) is 4.47 Å². The summed E-state index contributed by atoms with van der Waals surface area (Å²) in [6.07, 6.45) is 0.947. The summed E-state index contributed by atoms with van der Waals surface area (Å²) in [6, 6.07) is 14.7. The second-order valence-electron chi connectivity index (χ2n) is 4.11. The minimum absolute atomic E-state index is 0.902. The van der Waals surface area contributed by atoms with E-state index >= 15 is 0 Å². The summed E-state index contributed by atoms with van der Waals surface area (Å²) in [5.41, 5.74) is 3.87. The Bertz CT molecular complexity index is 503. The maximum Gasteiger partial charge on any atom is 0.118 e. The third kappa shape index (κ3) is 3.10. The van der Waals surface area contributed by atoms with Gasteiger partial charge in [-0.2, -0.15) is 0 Å². The van der Waals surface area contributed by atoms with E-state index in [2.05, 4.69) is 53.2 Å². The van der Waals surface area contributed by atoms with Crippen molar-refractivity contribution in [3.63, 3.8) is 0 Å². The predicted molar refractivity (Wildman–Crippen MR) is 74.7 cm³/mol. The molecule has 2 aromatic rings. The van der Waals surface area contributed by atoms with Gasteiger partial charge >= 0.3 is 0 Å². The molecule has 2 rings (SSSR count). The highest BCUT2D eigenvalue weighted by atomic mass is 79.9. The lowest BCUT2D eigenvalue weighted by Crippen LogP contribution is -1.90. The molecule has 0 aliphatic rings. The van der Waals surface area contributed by atoms with Crippen LogP contribution in [0, 0.1) is 6.92 Å². The summed E-state index contributed by atoms with van der Waals surface area (Å²) >= 11 is 3.56. The molecule has 0 heterocycles. The normalized spacial score (nSPS) is 10.3. The number of hydrogen-bond donors (Lipinski definition) is 0. The molecular formula is C15H15BrO. The number of ether oxygens (including phenoxy) is 1. The summed E-state index contributed by atoms with van der Waals surface area (Å²) in [7, 11) is 1.69. The molecule has 1 nitrogen and oxygen atoms in total. The standard InChI is InChI=1S/C15H15BrO/c1-11-3-4-13(10-15(11)16)9-12-5-7-14(17-2)8-6-12/h3-8,10H,9H2,1-2H3. The fourth-order valence-electron chi connectivity index (χ4n) is 1.73. The first-order chi connectivity index (χ1) is 8.19. The van der Waals surface area contributed by atoms with Crippen LogP contribution in [0.5, 0.6) is 5.75 Å². The molecule has 0 bridgehead atoms. The molecule has 0 atom stereocenters. The minimum Gasteiger partial charge on any atom is -0.497 e. The summed E-state index contributed by atoms with van der Waals surface area (Å²) in [4.78, 5) is 0. The zero-order chi connectivity index (χ0) is 12.3. The highest BCUT2D eigenvalue weighted by molar-refractivity contribution is 9.10. The molecule has 0 spiro atoms. The molecule has 0 aromatic heterocycles. The van der Waals surface area contributed by atoms with Crippen molar-refractivity contribution >= 4 is 15.9 Å². The third-order valence-corrected chi connectivity index (χ3v) is 3.66. The number of benzene rings is 2. The molecule has 0 saturated carbocycles. The Balaban J connectivity index is 2.16. The smallest absolute Gasteiger partial charge is 0.118 e. The van der Waals surface area contributed by atoms with Crippen LogP contribution >= 0.6 is 15.9 Å². The molecule has 88 valence electrons. The topological polar surface area (TPSA) is 9.23 Å². The lowest BCUT2D eigenvalue weighted by atomic mass is 10.0. The Labute approximate surface area is 111 Å². The van der Waals surface area contributed by atoms with Crippen molar-refractivity contribution in [1.29, 1.82) is 0 Å². The molecule has 2 aromatic carbocycles. The number of hydrogen-bond acceptors (Lipinski definition) is 1. The Morgan fingerprint density at radius 1 is 1.00 bits per heavy atom. The average Bonchev–Trinajstić information content (AvgIpc) is 2.35. The first kappa shape index (κ1) is 12.2. The van der Waals surface area contributed by atoms with Crippen LogP contribution in [0.25, 0.3) is 0 Å². The van der Waals surface area contributed by atoms with Gasteiger partial charge in [0.25, 0.3) is 0 Å². The van der Waals surface area contributed by atoms with Gasteiger partial charge in [0.15, 0.2) is 0 Å². The van der Waals surface area contributed by atoms with E-state index in [1.54, 1.807) is 7.11 Å². The van der Waals surface area contributed by atoms with Crippen LogP contribution < -0.4 is 4.74 Å². The summed E-state index contributed by atoms with van der Waals surface area (Å²) in [5.74, 6) is 0.902. The van der Waals surface area contributed by atoms with Crippen LogP contribution in [0.15, 0.2) is 46.9 Å². The molecule has 0 amide bonds. The summed E-state index contributed by atoms with van der Waals surface area (Å²) < 4.78 is 6.32. The highest BCUT2D eigenvalue weighted by Crippen LogP contribution is 2.20. The van der Waals surface area contributed by atoms with Gasteiger partial charge in [0.1, 0.15) is 5.75 Å². The van der Waals surface area contributed by atoms with Gasteiger partial charge in [-0.1, -0.05) is 40.2 Å². The Hall–Kier alpha value is -1.28. The minimum atomic E-state index is 0.902. The van der Waals surface area contributed by atoms with E-state index in [4.69, 9.17) is 4.74 Å². The second kappa shape index (κ2) is 5.37. The van der Waals surface area contributed by atoms with Gasteiger partial charge < -0.3 is 4.74 Å². The Morgan fingerprint density at radius 2 is 1.65 bits per heavy atom. The lowest BCUT2D eigenvalue weighted by molar-refractivity contribution is 0.414. The Morgan fingerprint density at radius 3 is 2.24 bits per heavy atom. The summed E-state index contributed by atoms with van der Waals surface area (Å²) in [6.45, 7) is 2.10. The van der Waals surface area contributed by atoms with Crippen LogP contribution in [0.3, 0.4) is 0 Å². The van der Waals surface area contributed by atoms with Crippen molar-refractivity contribution in [2.75, 3.05) is 7.11 Å². The van der Waals surface area contributed by atoms with Crippen LogP contribution in [0.4, 0.5) is 0 Å². The van der Waals surface area contributed by atoms with Crippen molar-refractivity contribution < 1.29 is 4.74 Å². The largest absolute Gasteiger partial charge is 0.497 e. The second-order valence-corrected chi connectivity index (χ2v) is 4.96. The third-order valence-electron chi connectivity index (χ3n) is 2.80. The Kier molecular flexibility index (Phi) is 3.85. The van der Waals surface area contributed by atoms with Gasteiger partial charge in [0.05, 0.1) is 7.11 Å². The van der Waals surface area contributed by atoms with Gasteiger partial charge in [0.2, 0.25) is 0 Å². The molecule has 0 fully saturated rings. The lowest BCUT2D eigenvalue weighted by Gasteiger charge is -2.05. The van der Waals surface area contributed by atoms with E-state index in [0.29, 0.717) is 0 Å². The first-order valence-corrected chi connectivity index (χ1v) is 6.36. The van der Waals surface area contributed by atoms with Crippen molar-refractivity contribution in [2.45, 2.75) is 13.3 Å². The SMILES string of the molecule is COc1ccc(Cc2ccc(C)c(Br)c2)cc1. The van der Waals surface area contributed by atoms with E-state index in [-0.39, 0.29) is 0 Å². The monoisotopic (exact) mass is 290 g/mol. The van der Waals surface area contributed by atoms with Gasteiger partial charge in [-0.15, -0.1) is 0 Å². The predicted octanol–water partition coefficient (Wildman–Crippen LogP) is 4.36. The zero-order valence-electron chi connectivity index (χ0n) is 10.0. The van der Waals surface area contributed by atoms with E-state index in [9.17, 15) is 0 Å². The molecule has 0 saturated heterocycles. The molecule has 0 aliphatic carbocycles. The van der Waals surface area contributed by atoms with Crippen LogP contribution in [-0.4, -0.2) is 7.11 Å². The zero-order valence-corrected chi connectivity index (χ0v) is 11.6. The van der Waals surface area contributed by atoms with Crippen molar-refractivity contribution in [2.24, 2.45) is 0 Å². The van der Waals surface area contributed by atoms with E-state index in [1.807, 2.05) is 12.1 Å². The molecule has 2 heteroatoms. The quantitative estimate of drug-likeness (QED) is 0.816. The molecule has 17 heavy (non-hydrogen) atoms. The van der Waals surface area contributed by atoms with E-state index in [1.165, 1.54) is 21.2 Å². The van der Waals surface area contributed by atoms with Crippen molar-refractivity contribution in [3.8, 4) is 5.75 Å². The first-order valence-electron chi connectivity index (χ1n) is 5.57. The molecule has 0 N–H and O–H groups in total. The van der Waals surface area contributed by atoms with Crippen molar-refractivity contribution in [3.05, 3.63) is 63.6 Å². The van der Waals surface area contributed by atoms with Gasteiger partial charge in [-0.3, -0.25) is 0 Å². The molecular weight excluding hydrogens is 276 g/mol. The number of aryl methyl sites for hydroxylation is 1. The molecule has 0 unspecified atom stereocenters. The van der Waals surface area contributed by atoms with Gasteiger partial charge in [-0.05, 0) is 48.2 Å². The van der Waals surface area contributed by atoms with Crippen molar-refractivity contribution in [1.82, 2.24) is 0 Å². The van der Waals surface area contributed by atoms with Crippen LogP contribution in [0.1, 0.15) is 16.7 Å². The fourth-order valence-corrected chi connectivity index (χ4v) is 2.15. The van der Waals surface area contributed by atoms with Gasteiger partial charge in [-0.25, -0.2) is 0 Å². The maximum atomic E-state index is 5.15. The van der Waals surface area contributed by atoms with E-state index in [0.717, 1.165) is 12.2 Å². The number of rotatable bonds is 3.